The van der Waals surface area contributed by atoms with Gasteiger partial charge in [0.25, 0.3) is 5.91 Å². The zero-order valence-corrected chi connectivity index (χ0v) is 20.6. The van der Waals surface area contributed by atoms with Crippen LogP contribution in [-0.2, 0) is 23.2 Å². The van der Waals surface area contributed by atoms with Gasteiger partial charge in [-0.15, -0.1) is 6.58 Å². The minimum atomic E-state index is -0.198. The number of phenols is 1. The van der Waals surface area contributed by atoms with Crippen LogP contribution in [0.4, 0.5) is 0 Å². The average Bonchev–Trinajstić information content (AvgIpc) is 2.75. The van der Waals surface area contributed by atoms with Crippen molar-refractivity contribution in [3.63, 3.8) is 0 Å². The van der Waals surface area contributed by atoms with Crippen molar-refractivity contribution in [1.29, 1.82) is 0 Å². The predicted octanol–water partition coefficient (Wildman–Crippen LogP) is 3.93. The van der Waals surface area contributed by atoms with Crippen LogP contribution in [0.25, 0.3) is 0 Å². The SMILES string of the molecule is C=CCc1cccc(/C=N/NC(=O)CN(C)CCN(C)Cc2ccc(C(C)(C)C)cc2)c1O. The predicted molar refractivity (Wildman–Crippen MR) is 137 cm³/mol. The molecule has 0 unspecified atom stereocenters. The molecule has 2 N–H and O–H groups in total. The van der Waals surface area contributed by atoms with Crippen LogP contribution < -0.4 is 5.43 Å². The van der Waals surface area contributed by atoms with Crippen LogP contribution in [0.15, 0.2) is 60.2 Å². The number of hydrogen-bond donors (Lipinski definition) is 2. The lowest BCUT2D eigenvalue weighted by molar-refractivity contribution is -0.121. The summed E-state index contributed by atoms with van der Waals surface area (Å²) in [7, 11) is 4.00. The first-order chi connectivity index (χ1) is 15.6. The lowest BCUT2D eigenvalue weighted by Gasteiger charge is -2.22. The smallest absolute Gasteiger partial charge is 0.254 e. The summed E-state index contributed by atoms with van der Waals surface area (Å²) in [5.41, 5.74) is 6.63. The molecule has 0 heterocycles. The average molecular weight is 451 g/mol. The van der Waals surface area contributed by atoms with Crippen molar-refractivity contribution < 1.29 is 9.90 Å². The summed E-state index contributed by atoms with van der Waals surface area (Å²) in [5, 5.41) is 14.2. The second-order valence-corrected chi connectivity index (χ2v) is 9.56. The van der Waals surface area contributed by atoms with Gasteiger partial charge in [-0.3, -0.25) is 9.69 Å². The molecule has 178 valence electrons. The molecule has 6 nitrogen and oxygen atoms in total. The number of hydrazone groups is 1. The molecule has 2 aromatic carbocycles. The summed E-state index contributed by atoms with van der Waals surface area (Å²) in [4.78, 5) is 16.4. The number of amides is 1. The Morgan fingerprint density at radius 2 is 1.76 bits per heavy atom. The maximum atomic E-state index is 12.2. The molecule has 0 radical (unpaired) electrons. The Kier molecular flexibility index (Phi) is 9.82. The molecule has 0 aromatic heterocycles. The first-order valence-corrected chi connectivity index (χ1v) is 11.3. The van der Waals surface area contributed by atoms with Crippen LogP contribution in [0.2, 0.25) is 0 Å². The van der Waals surface area contributed by atoms with E-state index in [1.165, 1.54) is 17.3 Å². The fourth-order valence-electron chi connectivity index (χ4n) is 3.41. The van der Waals surface area contributed by atoms with Crippen molar-refractivity contribution in [1.82, 2.24) is 15.2 Å². The highest BCUT2D eigenvalue weighted by Gasteiger charge is 2.13. The Bertz CT molecular complexity index is 946. The molecule has 0 aliphatic rings. The molecule has 6 heteroatoms. The lowest BCUT2D eigenvalue weighted by Crippen LogP contribution is -2.37. The third kappa shape index (κ3) is 8.83. The minimum Gasteiger partial charge on any atom is -0.507 e. The highest BCUT2D eigenvalue weighted by molar-refractivity contribution is 5.86. The molecule has 0 saturated carbocycles. The maximum Gasteiger partial charge on any atom is 0.254 e. The molecular weight excluding hydrogens is 412 g/mol. The van der Waals surface area contributed by atoms with E-state index < -0.39 is 0 Å². The number of aromatic hydroxyl groups is 1. The number of nitrogens with zero attached hydrogens (tertiary/aromatic N) is 3. The van der Waals surface area contributed by atoms with Gasteiger partial charge in [-0.2, -0.15) is 5.10 Å². The third-order valence-electron chi connectivity index (χ3n) is 5.46. The van der Waals surface area contributed by atoms with Gasteiger partial charge in [-0.05, 0) is 48.7 Å². The molecule has 0 atom stereocenters. The van der Waals surface area contributed by atoms with E-state index in [4.69, 9.17) is 0 Å². The minimum absolute atomic E-state index is 0.156. The maximum absolute atomic E-state index is 12.2. The molecule has 0 bridgehead atoms. The number of phenolic OH excluding ortho intramolecular Hbond substituents is 1. The second-order valence-electron chi connectivity index (χ2n) is 9.56. The molecule has 2 rings (SSSR count). The van der Waals surface area contributed by atoms with E-state index in [-0.39, 0.29) is 23.6 Å². The van der Waals surface area contributed by atoms with Crippen molar-refractivity contribution in [2.24, 2.45) is 5.10 Å². The van der Waals surface area contributed by atoms with Gasteiger partial charge in [0, 0.05) is 25.2 Å². The molecule has 2 aromatic rings. The molecule has 0 spiro atoms. The van der Waals surface area contributed by atoms with E-state index in [2.05, 4.69) is 74.1 Å². The fourth-order valence-corrected chi connectivity index (χ4v) is 3.41. The Hall–Kier alpha value is -2.96. The Morgan fingerprint density at radius 3 is 2.39 bits per heavy atom. The van der Waals surface area contributed by atoms with E-state index in [0.29, 0.717) is 12.0 Å². The number of carbonyl (C=O) groups excluding carboxylic acids is 1. The first kappa shape index (κ1) is 26.3. The molecule has 0 fully saturated rings. The van der Waals surface area contributed by atoms with E-state index in [9.17, 15) is 9.90 Å². The van der Waals surface area contributed by atoms with Crippen molar-refractivity contribution in [2.45, 2.75) is 39.2 Å². The summed E-state index contributed by atoms with van der Waals surface area (Å²) < 4.78 is 0. The van der Waals surface area contributed by atoms with Gasteiger partial charge < -0.3 is 10.0 Å². The first-order valence-electron chi connectivity index (χ1n) is 11.3. The van der Waals surface area contributed by atoms with Crippen LogP contribution in [0.5, 0.6) is 5.75 Å². The van der Waals surface area contributed by atoms with Gasteiger partial charge in [0.1, 0.15) is 5.75 Å². The van der Waals surface area contributed by atoms with Gasteiger partial charge >= 0.3 is 0 Å². The number of benzene rings is 2. The van der Waals surface area contributed by atoms with Gasteiger partial charge in [0.15, 0.2) is 0 Å². The molecule has 0 aliphatic heterocycles. The standard InChI is InChI=1S/C27H38N4O2/c1-7-9-22-10-8-11-23(26(22)33)18-28-29-25(32)20-31(6)17-16-30(5)19-21-12-14-24(15-13-21)27(2,3)4/h7-8,10-15,18,33H,1,9,16-17,19-20H2,2-6H3,(H,29,32)/b28-18+. The zero-order chi connectivity index (χ0) is 24.4. The van der Waals surface area contributed by atoms with Crippen molar-refractivity contribution in [3.8, 4) is 5.75 Å². The molecule has 33 heavy (non-hydrogen) atoms. The number of nitrogens with one attached hydrogen (secondary N) is 1. The van der Waals surface area contributed by atoms with Crippen LogP contribution in [0, 0.1) is 0 Å². The number of carbonyl (C=O) groups is 1. The topological polar surface area (TPSA) is 68.2 Å². The van der Waals surface area contributed by atoms with Crippen LogP contribution in [0.3, 0.4) is 0 Å². The van der Waals surface area contributed by atoms with Crippen LogP contribution in [-0.4, -0.2) is 60.8 Å². The highest BCUT2D eigenvalue weighted by Crippen LogP contribution is 2.23. The summed E-state index contributed by atoms with van der Waals surface area (Å²) >= 11 is 0. The van der Waals surface area contributed by atoms with Crippen LogP contribution in [0.1, 0.15) is 43.0 Å². The number of rotatable bonds is 11. The van der Waals surface area contributed by atoms with Crippen molar-refractivity contribution in [3.05, 3.63) is 77.4 Å². The van der Waals surface area contributed by atoms with E-state index in [1.807, 2.05) is 24.1 Å². The largest absolute Gasteiger partial charge is 0.507 e. The molecule has 0 aliphatic carbocycles. The van der Waals surface area contributed by atoms with Gasteiger partial charge in [-0.25, -0.2) is 5.43 Å². The summed E-state index contributed by atoms with van der Waals surface area (Å²) in [6.07, 6.45) is 3.76. The summed E-state index contributed by atoms with van der Waals surface area (Å²) in [5.74, 6) is -0.0421. The number of likely N-dealkylation sites (N-methyl/N-ethyl adjacent to an activating group) is 2. The monoisotopic (exact) mass is 450 g/mol. The lowest BCUT2D eigenvalue weighted by atomic mass is 9.87. The van der Waals surface area contributed by atoms with Crippen molar-refractivity contribution >= 4 is 12.1 Å². The third-order valence-corrected chi connectivity index (χ3v) is 5.46. The quantitative estimate of drug-likeness (QED) is 0.309. The van der Waals surface area contributed by atoms with Gasteiger partial charge in [0.05, 0.1) is 12.8 Å². The van der Waals surface area contributed by atoms with E-state index in [1.54, 1.807) is 12.1 Å². The summed E-state index contributed by atoms with van der Waals surface area (Å²) in [6, 6.07) is 14.2. The normalized spacial score (nSPS) is 12.0. The molecular formula is C27H38N4O2. The second kappa shape index (κ2) is 12.3. The zero-order valence-electron chi connectivity index (χ0n) is 20.6. The van der Waals surface area contributed by atoms with E-state index >= 15 is 0 Å². The van der Waals surface area contributed by atoms with Crippen molar-refractivity contribution in [2.75, 3.05) is 33.7 Å². The van der Waals surface area contributed by atoms with Gasteiger partial charge in [-0.1, -0.05) is 63.2 Å². The fraction of sp³-hybridized carbons (Fsp3) is 0.407. The van der Waals surface area contributed by atoms with Gasteiger partial charge in [0.2, 0.25) is 0 Å². The molecule has 1 amide bonds. The number of hydrogen-bond acceptors (Lipinski definition) is 5. The molecule has 0 saturated heterocycles. The van der Waals surface area contributed by atoms with Crippen LogP contribution >= 0.6 is 0 Å². The highest BCUT2D eigenvalue weighted by atomic mass is 16.3. The summed E-state index contributed by atoms with van der Waals surface area (Å²) in [6.45, 7) is 13.1. The van der Waals surface area contributed by atoms with E-state index in [0.717, 1.165) is 25.2 Å². The Balaban J connectivity index is 1.75. The number of para-hydroxylation sites is 1. The number of allylic oxidation sites excluding steroid dienone is 1. The Morgan fingerprint density at radius 1 is 1.09 bits per heavy atom. The Labute approximate surface area is 198 Å².